The molecule has 4 atom stereocenters. The van der Waals surface area contributed by atoms with Crippen molar-refractivity contribution in [1.82, 2.24) is 15.2 Å². The predicted octanol–water partition coefficient (Wildman–Crippen LogP) is 2.27. The van der Waals surface area contributed by atoms with Crippen molar-refractivity contribution in [1.29, 1.82) is 0 Å². The Labute approximate surface area is 180 Å². The van der Waals surface area contributed by atoms with E-state index in [0.717, 1.165) is 11.1 Å². The van der Waals surface area contributed by atoms with Gasteiger partial charge in [0.2, 0.25) is 11.8 Å². The van der Waals surface area contributed by atoms with Gasteiger partial charge < -0.3 is 19.7 Å². The molecule has 0 saturated carbocycles. The van der Waals surface area contributed by atoms with E-state index < -0.39 is 24.1 Å². The van der Waals surface area contributed by atoms with Gasteiger partial charge in [-0.15, -0.1) is 0 Å². The van der Waals surface area contributed by atoms with Crippen LogP contribution in [0.25, 0.3) is 0 Å². The number of carbonyl (C=O) groups is 3. The fraction of sp³-hybridized carbons (Fsp3) is 0.478. The summed E-state index contributed by atoms with van der Waals surface area (Å²) in [6.45, 7) is 5.37. The van der Waals surface area contributed by atoms with Crippen molar-refractivity contribution in [3.63, 3.8) is 0 Å². The van der Waals surface area contributed by atoms with Crippen LogP contribution in [0.4, 0.5) is 0 Å². The zero-order valence-electron chi connectivity index (χ0n) is 17.9. The first-order valence-electron chi connectivity index (χ1n) is 10.7. The standard InChI is InChI=1S/C23H27N3O5/c1-4-12(2)19-21(27)25-18(16-9-14-7-5-6-8-15(14)10-16)22(28)26(19)20(23(29)30)17-11-31-13(3)24-17/h5-8,11-12,16,18-20H,4,9-10H2,1-3H3,(H,25,27)(H,29,30)/t12-,18+,19+,20?/m0/s1. The van der Waals surface area contributed by atoms with E-state index in [4.69, 9.17) is 4.42 Å². The second-order valence-electron chi connectivity index (χ2n) is 8.53. The van der Waals surface area contributed by atoms with Gasteiger partial charge in [-0.25, -0.2) is 9.78 Å². The number of benzene rings is 1. The van der Waals surface area contributed by atoms with E-state index in [2.05, 4.69) is 10.3 Å². The summed E-state index contributed by atoms with van der Waals surface area (Å²) in [5.74, 6) is -1.98. The topological polar surface area (TPSA) is 113 Å². The average Bonchev–Trinajstić information content (AvgIpc) is 3.35. The van der Waals surface area contributed by atoms with Gasteiger partial charge in [0.1, 0.15) is 24.0 Å². The first kappa shape index (κ1) is 21.1. The number of carbonyl (C=O) groups excluding carboxylic acids is 2. The number of aryl methyl sites for hydroxylation is 1. The molecule has 1 aromatic heterocycles. The molecule has 31 heavy (non-hydrogen) atoms. The Kier molecular flexibility index (Phi) is 5.56. The van der Waals surface area contributed by atoms with E-state index in [1.54, 1.807) is 6.92 Å². The number of hydrogen-bond acceptors (Lipinski definition) is 5. The fourth-order valence-corrected chi connectivity index (χ4v) is 4.81. The molecule has 1 fully saturated rings. The minimum absolute atomic E-state index is 0.120. The van der Waals surface area contributed by atoms with Crippen molar-refractivity contribution >= 4 is 17.8 Å². The molecule has 1 unspecified atom stereocenters. The van der Waals surface area contributed by atoms with E-state index in [1.807, 2.05) is 38.1 Å². The largest absolute Gasteiger partial charge is 0.479 e. The molecule has 1 aromatic carbocycles. The number of carboxylic acid groups (broad SMARTS) is 1. The zero-order chi connectivity index (χ0) is 22.3. The Morgan fingerprint density at radius 1 is 1.29 bits per heavy atom. The lowest BCUT2D eigenvalue weighted by Gasteiger charge is -2.44. The molecular formula is C23H27N3O5. The summed E-state index contributed by atoms with van der Waals surface area (Å²) in [5, 5.41) is 13.0. The third kappa shape index (κ3) is 3.71. The Hall–Kier alpha value is -3.16. The molecule has 4 rings (SSSR count). The van der Waals surface area contributed by atoms with Crippen LogP contribution in [0.15, 0.2) is 34.9 Å². The van der Waals surface area contributed by atoms with Crippen LogP contribution < -0.4 is 5.32 Å². The smallest absolute Gasteiger partial charge is 0.332 e. The number of hydrogen-bond donors (Lipinski definition) is 2. The van der Waals surface area contributed by atoms with Crippen molar-refractivity contribution in [3.05, 3.63) is 53.2 Å². The minimum Gasteiger partial charge on any atom is -0.479 e. The van der Waals surface area contributed by atoms with Gasteiger partial charge in [-0.1, -0.05) is 44.5 Å². The van der Waals surface area contributed by atoms with Crippen LogP contribution in [0.3, 0.4) is 0 Å². The van der Waals surface area contributed by atoms with Crippen molar-refractivity contribution in [2.24, 2.45) is 11.8 Å². The Morgan fingerprint density at radius 3 is 2.45 bits per heavy atom. The number of piperazine rings is 1. The summed E-state index contributed by atoms with van der Waals surface area (Å²) in [6, 6.07) is 4.92. The summed E-state index contributed by atoms with van der Waals surface area (Å²) in [5.41, 5.74) is 2.44. The average molecular weight is 425 g/mol. The number of fused-ring (bicyclic) bond motifs is 1. The highest BCUT2D eigenvalue weighted by Crippen LogP contribution is 2.35. The number of amides is 2. The summed E-state index contributed by atoms with van der Waals surface area (Å²) in [4.78, 5) is 44.7. The molecule has 2 aliphatic rings. The molecule has 0 bridgehead atoms. The number of nitrogens with zero attached hydrogens (tertiary/aromatic N) is 2. The molecule has 1 aliphatic heterocycles. The number of carboxylic acids is 1. The van der Waals surface area contributed by atoms with Crippen LogP contribution in [0.1, 0.15) is 49.0 Å². The molecule has 2 aromatic rings. The highest BCUT2D eigenvalue weighted by Gasteiger charge is 2.51. The van der Waals surface area contributed by atoms with Crippen molar-refractivity contribution < 1.29 is 23.9 Å². The van der Waals surface area contributed by atoms with Crippen LogP contribution in [-0.4, -0.2) is 44.9 Å². The molecule has 1 aliphatic carbocycles. The van der Waals surface area contributed by atoms with Gasteiger partial charge in [-0.2, -0.15) is 0 Å². The number of nitrogens with one attached hydrogen (secondary N) is 1. The molecule has 0 spiro atoms. The van der Waals surface area contributed by atoms with Crippen LogP contribution in [-0.2, 0) is 27.2 Å². The summed E-state index contributed by atoms with van der Waals surface area (Å²) >= 11 is 0. The van der Waals surface area contributed by atoms with E-state index in [1.165, 1.54) is 11.2 Å². The lowest BCUT2D eigenvalue weighted by atomic mass is 9.86. The first-order chi connectivity index (χ1) is 14.8. The number of oxazole rings is 1. The summed E-state index contributed by atoms with van der Waals surface area (Å²) < 4.78 is 5.23. The van der Waals surface area contributed by atoms with Crippen molar-refractivity contribution in [3.8, 4) is 0 Å². The predicted molar refractivity (Wildman–Crippen MR) is 111 cm³/mol. The maximum Gasteiger partial charge on any atom is 0.332 e. The third-order valence-electron chi connectivity index (χ3n) is 6.55. The highest BCUT2D eigenvalue weighted by molar-refractivity contribution is 5.99. The maximum atomic E-state index is 13.8. The molecule has 2 heterocycles. The highest BCUT2D eigenvalue weighted by atomic mass is 16.4. The first-order valence-corrected chi connectivity index (χ1v) is 10.7. The molecule has 0 radical (unpaired) electrons. The van der Waals surface area contributed by atoms with Gasteiger partial charge >= 0.3 is 5.97 Å². The van der Waals surface area contributed by atoms with Gasteiger partial charge in [-0.05, 0) is 35.8 Å². The number of aromatic nitrogens is 1. The monoisotopic (exact) mass is 425 g/mol. The molecule has 2 amide bonds. The Bertz CT molecular complexity index is 991. The van der Waals surface area contributed by atoms with Crippen LogP contribution in [0.5, 0.6) is 0 Å². The fourth-order valence-electron chi connectivity index (χ4n) is 4.81. The van der Waals surface area contributed by atoms with Crippen LogP contribution >= 0.6 is 0 Å². The van der Waals surface area contributed by atoms with E-state index in [-0.39, 0.29) is 29.3 Å². The van der Waals surface area contributed by atoms with Crippen molar-refractivity contribution in [2.45, 2.75) is 58.2 Å². The SMILES string of the molecule is CC[C@H](C)[C@@H]1C(=O)N[C@H](C2Cc3ccccc3C2)C(=O)N1C(C(=O)O)c1coc(C)n1. The lowest BCUT2D eigenvalue weighted by Crippen LogP contribution is -2.68. The summed E-state index contributed by atoms with van der Waals surface area (Å²) in [6.07, 6.45) is 3.19. The second-order valence-corrected chi connectivity index (χ2v) is 8.53. The van der Waals surface area contributed by atoms with E-state index in [9.17, 15) is 19.5 Å². The van der Waals surface area contributed by atoms with Gasteiger partial charge in [0.25, 0.3) is 0 Å². The summed E-state index contributed by atoms with van der Waals surface area (Å²) in [7, 11) is 0. The Morgan fingerprint density at radius 2 is 1.94 bits per heavy atom. The zero-order valence-corrected chi connectivity index (χ0v) is 17.9. The number of rotatable bonds is 6. The maximum absolute atomic E-state index is 13.8. The number of aliphatic carboxylic acids is 1. The van der Waals surface area contributed by atoms with Gasteiger partial charge in [0.15, 0.2) is 11.9 Å². The second kappa shape index (κ2) is 8.17. The molecule has 8 heteroatoms. The van der Waals surface area contributed by atoms with E-state index in [0.29, 0.717) is 25.2 Å². The minimum atomic E-state index is -1.39. The molecule has 2 N–H and O–H groups in total. The molecule has 164 valence electrons. The van der Waals surface area contributed by atoms with Gasteiger partial charge in [0, 0.05) is 6.92 Å². The molecule has 8 nitrogen and oxygen atoms in total. The Balaban J connectivity index is 1.72. The van der Waals surface area contributed by atoms with Crippen molar-refractivity contribution in [2.75, 3.05) is 0 Å². The van der Waals surface area contributed by atoms with E-state index >= 15 is 0 Å². The quantitative estimate of drug-likeness (QED) is 0.734. The third-order valence-corrected chi connectivity index (χ3v) is 6.55. The molecular weight excluding hydrogens is 398 g/mol. The van der Waals surface area contributed by atoms with Gasteiger partial charge in [0.05, 0.1) is 0 Å². The van der Waals surface area contributed by atoms with Crippen LogP contribution in [0.2, 0.25) is 0 Å². The van der Waals surface area contributed by atoms with Crippen LogP contribution in [0, 0.1) is 18.8 Å². The van der Waals surface area contributed by atoms with Gasteiger partial charge in [-0.3, -0.25) is 9.59 Å². The lowest BCUT2D eigenvalue weighted by molar-refractivity contribution is -0.164. The normalized spacial score (nSPS) is 23.4. The molecule has 1 saturated heterocycles.